The molecule has 0 aliphatic carbocycles. The number of carbonyl (C=O) groups excluding carboxylic acids is 1. The fourth-order valence-electron chi connectivity index (χ4n) is 2.66. The molecule has 2 heterocycles. The maximum Gasteiger partial charge on any atom is 0.255 e. The second kappa shape index (κ2) is 6.24. The molecule has 0 saturated carbocycles. The van der Waals surface area contributed by atoms with E-state index in [1.807, 2.05) is 47.1 Å². The maximum absolute atomic E-state index is 12.4. The summed E-state index contributed by atoms with van der Waals surface area (Å²) < 4.78 is 0. The third kappa shape index (κ3) is 3.11. The lowest BCUT2D eigenvalue weighted by molar-refractivity contribution is 0.0746. The van der Waals surface area contributed by atoms with Gasteiger partial charge in [0.05, 0.1) is 0 Å². The molecule has 1 aromatic carbocycles. The van der Waals surface area contributed by atoms with Crippen LogP contribution in [-0.2, 0) is 0 Å². The van der Waals surface area contributed by atoms with Crippen LogP contribution in [0.4, 0.5) is 5.95 Å². The SMILES string of the molecule is Cc1nc(N2CCN(C(=O)c3ccccc3)CC2)[nH]c(=O)c1C. The number of amides is 1. The van der Waals surface area contributed by atoms with Gasteiger partial charge < -0.3 is 9.80 Å². The zero-order chi connectivity index (χ0) is 16.4. The summed E-state index contributed by atoms with van der Waals surface area (Å²) >= 11 is 0. The molecule has 3 rings (SSSR count). The quantitative estimate of drug-likeness (QED) is 0.909. The maximum atomic E-state index is 12.4. The fourth-order valence-corrected chi connectivity index (χ4v) is 2.66. The van der Waals surface area contributed by atoms with Crippen molar-refractivity contribution < 1.29 is 4.79 Å². The molecule has 1 N–H and O–H groups in total. The Morgan fingerprint density at radius 3 is 2.35 bits per heavy atom. The number of aryl methyl sites for hydroxylation is 1. The average Bonchev–Trinajstić information content (AvgIpc) is 2.59. The van der Waals surface area contributed by atoms with E-state index in [-0.39, 0.29) is 11.5 Å². The monoisotopic (exact) mass is 312 g/mol. The summed E-state index contributed by atoms with van der Waals surface area (Å²) in [6.45, 7) is 6.15. The van der Waals surface area contributed by atoms with Crippen molar-refractivity contribution in [1.82, 2.24) is 14.9 Å². The highest BCUT2D eigenvalue weighted by Gasteiger charge is 2.23. The Hall–Kier alpha value is -2.63. The molecule has 6 nitrogen and oxygen atoms in total. The first-order chi connectivity index (χ1) is 11.1. The van der Waals surface area contributed by atoms with Crippen LogP contribution >= 0.6 is 0 Å². The third-order valence-electron chi connectivity index (χ3n) is 4.27. The fraction of sp³-hybridized carbons (Fsp3) is 0.353. The zero-order valence-corrected chi connectivity index (χ0v) is 13.4. The first-order valence-corrected chi connectivity index (χ1v) is 7.73. The van der Waals surface area contributed by atoms with Gasteiger partial charge in [-0.15, -0.1) is 0 Å². The van der Waals surface area contributed by atoms with Crippen LogP contribution in [0.15, 0.2) is 35.1 Å². The minimum Gasteiger partial charge on any atom is -0.339 e. The number of aromatic amines is 1. The van der Waals surface area contributed by atoms with Crippen LogP contribution in [0.25, 0.3) is 0 Å². The molecule has 0 radical (unpaired) electrons. The lowest BCUT2D eigenvalue weighted by Crippen LogP contribution is -2.49. The molecule has 1 fully saturated rings. The van der Waals surface area contributed by atoms with Crippen molar-refractivity contribution >= 4 is 11.9 Å². The lowest BCUT2D eigenvalue weighted by atomic mass is 10.2. The molecule has 23 heavy (non-hydrogen) atoms. The first kappa shape index (κ1) is 15.3. The van der Waals surface area contributed by atoms with Crippen LogP contribution in [0, 0.1) is 13.8 Å². The van der Waals surface area contributed by atoms with Crippen molar-refractivity contribution in [2.75, 3.05) is 31.1 Å². The van der Waals surface area contributed by atoms with E-state index >= 15 is 0 Å². The van der Waals surface area contributed by atoms with Gasteiger partial charge in [-0.25, -0.2) is 4.98 Å². The molecule has 1 aliphatic heterocycles. The summed E-state index contributed by atoms with van der Waals surface area (Å²) in [6.07, 6.45) is 0. The van der Waals surface area contributed by atoms with Gasteiger partial charge in [0, 0.05) is 43.0 Å². The van der Waals surface area contributed by atoms with Gasteiger partial charge in [-0.2, -0.15) is 0 Å². The molecule has 6 heteroatoms. The Morgan fingerprint density at radius 2 is 1.74 bits per heavy atom. The highest BCUT2D eigenvalue weighted by atomic mass is 16.2. The molecule has 1 saturated heterocycles. The number of benzene rings is 1. The molecule has 120 valence electrons. The Kier molecular flexibility index (Phi) is 4.14. The standard InChI is InChI=1S/C17H20N4O2/c1-12-13(2)18-17(19-15(12)22)21-10-8-20(9-11-21)16(23)14-6-4-3-5-7-14/h3-7H,8-11H2,1-2H3,(H,18,19,22). The topological polar surface area (TPSA) is 69.3 Å². The van der Waals surface area contributed by atoms with Crippen molar-refractivity contribution in [2.24, 2.45) is 0 Å². The number of hydrogen-bond acceptors (Lipinski definition) is 4. The highest BCUT2D eigenvalue weighted by Crippen LogP contribution is 2.13. The predicted octanol–water partition coefficient (Wildman–Crippen LogP) is 1.35. The molecule has 1 aromatic heterocycles. The van der Waals surface area contributed by atoms with Crippen LogP contribution in [0.3, 0.4) is 0 Å². The number of hydrogen-bond donors (Lipinski definition) is 1. The Morgan fingerprint density at radius 1 is 1.09 bits per heavy atom. The Labute approximate surface area is 134 Å². The van der Waals surface area contributed by atoms with Crippen molar-refractivity contribution in [3.8, 4) is 0 Å². The van der Waals surface area contributed by atoms with Gasteiger partial charge in [-0.3, -0.25) is 14.6 Å². The summed E-state index contributed by atoms with van der Waals surface area (Å²) in [7, 11) is 0. The molecule has 1 aliphatic rings. The number of nitrogens with zero attached hydrogens (tertiary/aromatic N) is 3. The van der Waals surface area contributed by atoms with Gasteiger partial charge in [0.25, 0.3) is 11.5 Å². The zero-order valence-electron chi connectivity index (χ0n) is 13.4. The number of aromatic nitrogens is 2. The number of rotatable bonds is 2. The largest absolute Gasteiger partial charge is 0.339 e. The normalized spacial score (nSPS) is 14.9. The number of nitrogens with one attached hydrogen (secondary N) is 1. The van der Waals surface area contributed by atoms with Gasteiger partial charge in [-0.05, 0) is 26.0 Å². The van der Waals surface area contributed by atoms with E-state index in [0.717, 1.165) is 5.69 Å². The molecule has 0 spiro atoms. The Bertz CT molecular complexity index is 762. The second-order valence-corrected chi connectivity index (χ2v) is 5.75. The lowest BCUT2D eigenvalue weighted by Gasteiger charge is -2.35. The van der Waals surface area contributed by atoms with E-state index in [0.29, 0.717) is 43.3 Å². The molecule has 1 amide bonds. The van der Waals surface area contributed by atoms with Crippen LogP contribution < -0.4 is 10.5 Å². The summed E-state index contributed by atoms with van der Waals surface area (Å²) in [5.41, 5.74) is 1.99. The Balaban J connectivity index is 1.69. The highest BCUT2D eigenvalue weighted by molar-refractivity contribution is 5.94. The van der Waals surface area contributed by atoms with Crippen molar-refractivity contribution in [3.63, 3.8) is 0 Å². The number of anilines is 1. The number of H-pyrrole nitrogens is 1. The van der Waals surface area contributed by atoms with Crippen molar-refractivity contribution in [2.45, 2.75) is 13.8 Å². The van der Waals surface area contributed by atoms with Crippen LogP contribution in [-0.4, -0.2) is 47.0 Å². The van der Waals surface area contributed by atoms with E-state index in [1.54, 1.807) is 6.92 Å². The van der Waals surface area contributed by atoms with Gasteiger partial charge in [-0.1, -0.05) is 18.2 Å². The summed E-state index contributed by atoms with van der Waals surface area (Å²) in [4.78, 5) is 35.4. The van der Waals surface area contributed by atoms with E-state index < -0.39 is 0 Å². The van der Waals surface area contributed by atoms with Gasteiger partial charge in [0.2, 0.25) is 5.95 Å². The average molecular weight is 312 g/mol. The third-order valence-corrected chi connectivity index (χ3v) is 4.27. The van der Waals surface area contributed by atoms with Crippen LogP contribution in [0.1, 0.15) is 21.6 Å². The summed E-state index contributed by atoms with van der Waals surface area (Å²) in [6, 6.07) is 9.30. The van der Waals surface area contributed by atoms with Gasteiger partial charge in [0.1, 0.15) is 0 Å². The van der Waals surface area contributed by atoms with Crippen molar-refractivity contribution in [1.29, 1.82) is 0 Å². The number of piperazine rings is 1. The van der Waals surface area contributed by atoms with Gasteiger partial charge >= 0.3 is 0 Å². The molecule has 0 unspecified atom stereocenters. The van der Waals surface area contributed by atoms with Crippen LogP contribution in [0.5, 0.6) is 0 Å². The second-order valence-electron chi connectivity index (χ2n) is 5.75. The van der Waals surface area contributed by atoms with E-state index in [2.05, 4.69) is 9.97 Å². The molecular formula is C17H20N4O2. The van der Waals surface area contributed by atoms with Crippen LogP contribution in [0.2, 0.25) is 0 Å². The molecular weight excluding hydrogens is 292 g/mol. The minimum absolute atomic E-state index is 0.0480. The molecule has 0 atom stereocenters. The molecule has 0 bridgehead atoms. The predicted molar refractivity (Wildman–Crippen MR) is 88.9 cm³/mol. The summed E-state index contributed by atoms with van der Waals surface area (Å²) in [5, 5.41) is 0. The molecule has 2 aromatic rings. The van der Waals surface area contributed by atoms with Gasteiger partial charge in [0.15, 0.2) is 0 Å². The van der Waals surface area contributed by atoms with E-state index in [1.165, 1.54) is 0 Å². The van der Waals surface area contributed by atoms with Crippen molar-refractivity contribution in [3.05, 3.63) is 57.5 Å². The first-order valence-electron chi connectivity index (χ1n) is 7.73. The van der Waals surface area contributed by atoms with E-state index in [9.17, 15) is 9.59 Å². The van der Waals surface area contributed by atoms with E-state index in [4.69, 9.17) is 0 Å². The minimum atomic E-state index is -0.102. The smallest absolute Gasteiger partial charge is 0.255 e. The number of carbonyl (C=O) groups is 1. The summed E-state index contributed by atoms with van der Waals surface area (Å²) in [5.74, 6) is 0.636.